The average molecular weight is 353 g/mol. The Morgan fingerprint density at radius 3 is 2.58 bits per heavy atom. The highest BCUT2D eigenvalue weighted by Crippen LogP contribution is 2.29. The molecule has 2 aromatic rings. The molecular weight excluding hydrogens is 320 g/mol. The molecule has 1 aromatic heterocycles. The first-order valence-corrected chi connectivity index (χ1v) is 10.1. The quantitative estimate of drug-likeness (QED) is 0.542. The van der Waals surface area contributed by atoms with Gasteiger partial charge in [-0.1, -0.05) is 51.7 Å². The molecular formula is C23H32N2O. The summed E-state index contributed by atoms with van der Waals surface area (Å²) in [5, 5.41) is 4.50. The third-order valence-electron chi connectivity index (χ3n) is 5.72. The summed E-state index contributed by atoms with van der Waals surface area (Å²) in [7, 11) is 0. The van der Waals surface area contributed by atoms with Gasteiger partial charge >= 0.3 is 0 Å². The van der Waals surface area contributed by atoms with Crippen LogP contribution in [0.1, 0.15) is 79.9 Å². The molecule has 26 heavy (non-hydrogen) atoms. The topological polar surface area (TPSA) is 34.0 Å². The molecule has 0 spiro atoms. The van der Waals surface area contributed by atoms with Crippen LogP contribution >= 0.6 is 0 Å². The van der Waals surface area contributed by atoms with Gasteiger partial charge in [0.2, 0.25) is 0 Å². The standard InChI is InChI=1S/C23H32N2O/c1-5-14-25-21-13-12-18(16(2)3)15-20(21)17(4)22(25)23(26)24-19-10-8-6-7-9-11-19/h5,12-13,15-16,19H,1,6-11,14H2,2-4H3,(H,24,26). The lowest BCUT2D eigenvalue weighted by Gasteiger charge is -2.17. The van der Waals surface area contributed by atoms with Gasteiger partial charge in [-0.05, 0) is 48.9 Å². The molecule has 140 valence electrons. The number of allylic oxidation sites excluding steroid dienone is 1. The summed E-state index contributed by atoms with van der Waals surface area (Å²) in [5.74, 6) is 0.545. The van der Waals surface area contributed by atoms with Gasteiger partial charge in [0.15, 0.2) is 0 Å². The van der Waals surface area contributed by atoms with Crippen LogP contribution in [0, 0.1) is 6.92 Å². The minimum Gasteiger partial charge on any atom is -0.348 e. The van der Waals surface area contributed by atoms with Crippen LogP contribution in [-0.4, -0.2) is 16.5 Å². The maximum absolute atomic E-state index is 13.2. The van der Waals surface area contributed by atoms with Crippen molar-refractivity contribution in [2.75, 3.05) is 0 Å². The summed E-state index contributed by atoms with van der Waals surface area (Å²) < 4.78 is 2.12. The number of nitrogens with zero attached hydrogens (tertiary/aromatic N) is 1. The highest BCUT2D eigenvalue weighted by Gasteiger charge is 2.23. The first-order chi connectivity index (χ1) is 12.5. The number of benzene rings is 1. The fourth-order valence-corrected chi connectivity index (χ4v) is 4.19. The molecule has 1 saturated carbocycles. The van der Waals surface area contributed by atoms with E-state index in [9.17, 15) is 4.79 Å². The molecule has 0 bridgehead atoms. The second-order valence-electron chi connectivity index (χ2n) is 7.97. The number of aromatic nitrogens is 1. The molecule has 0 unspecified atom stereocenters. The first-order valence-electron chi connectivity index (χ1n) is 10.1. The van der Waals surface area contributed by atoms with Crippen LogP contribution < -0.4 is 5.32 Å². The minimum atomic E-state index is 0.0681. The molecule has 0 radical (unpaired) electrons. The van der Waals surface area contributed by atoms with Crippen molar-refractivity contribution in [2.45, 2.75) is 77.8 Å². The maximum Gasteiger partial charge on any atom is 0.268 e. The van der Waals surface area contributed by atoms with Gasteiger partial charge in [0.1, 0.15) is 5.69 Å². The minimum absolute atomic E-state index is 0.0681. The zero-order valence-electron chi connectivity index (χ0n) is 16.5. The third-order valence-corrected chi connectivity index (χ3v) is 5.72. The predicted octanol–water partition coefficient (Wildman–Crippen LogP) is 5.71. The lowest BCUT2D eigenvalue weighted by molar-refractivity contribution is 0.0924. The molecule has 1 aliphatic carbocycles. The number of carbonyl (C=O) groups excluding carboxylic acids is 1. The Kier molecular flexibility index (Phi) is 5.85. The van der Waals surface area contributed by atoms with Crippen LogP contribution in [0.15, 0.2) is 30.9 Å². The second kappa shape index (κ2) is 8.11. The first kappa shape index (κ1) is 18.8. The van der Waals surface area contributed by atoms with E-state index in [0.717, 1.165) is 29.6 Å². The Morgan fingerprint density at radius 2 is 1.96 bits per heavy atom. The van der Waals surface area contributed by atoms with Crippen LogP contribution in [0.3, 0.4) is 0 Å². The van der Waals surface area contributed by atoms with E-state index >= 15 is 0 Å². The summed E-state index contributed by atoms with van der Waals surface area (Å²) in [5.41, 5.74) is 4.31. The van der Waals surface area contributed by atoms with Crippen molar-refractivity contribution in [3.8, 4) is 0 Å². The molecule has 3 heteroatoms. The monoisotopic (exact) mass is 352 g/mol. The van der Waals surface area contributed by atoms with Gasteiger partial charge in [-0.2, -0.15) is 0 Å². The molecule has 3 rings (SSSR count). The van der Waals surface area contributed by atoms with E-state index in [-0.39, 0.29) is 5.91 Å². The van der Waals surface area contributed by atoms with E-state index < -0.39 is 0 Å². The van der Waals surface area contributed by atoms with Gasteiger partial charge in [0.25, 0.3) is 5.91 Å². The van der Waals surface area contributed by atoms with E-state index in [2.05, 4.69) is 55.4 Å². The molecule has 1 fully saturated rings. The van der Waals surface area contributed by atoms with Gasteiger partial charge in [0.05, 0.1) is 0 Å². The molecule has 1 amide bonds. The normalized spacial score (nSPS) is 16.0. The fraction of sp³-hybridized carbons (Fsp3) is 0.522. The summed E-state index contributed by atoms with van der Waals surface area (Å²) in [4.78, 5) is 13.2. The Morgan fingerprint density at radius 1 is 1.27 bits per heavy atom. The van der Waals surface area contributed by atoms with E-state index in [1.807, 2.05) is 6.08 Å². The average Bonchev–Trinajstić information content (AvgIpc) is 2.78. The number of carbonyl (C=O) groups is 1. The van der Waals surface area contributed by atoms with Crippen LogP contribution in [0.2, 0.25) is 0 Å². The SMILES string of the molecule is C=CCn1c(C(=O)NC2CCCCCC2)c(C)c2cc(C(C)C)ccc21. The van der Waals surface area contributed by atoms with E-state index in [1.54, 1.807) is 0 Å². The van der Waals surface area contributed by atoms with E-state index in [1.165, 1.54) is 36.6 Å². The molecule has 1 aliphatic rings. The smallest absolute Gasteiger partial charge is 0.268 e. The number of hydrogen-bond donors (Lipinski definition) is 1. The van der Waals surface area contributed by atoms with Gasteiger partial charge in [-0.15, -0.1) is 6.58 Å². The number of hydrogen-bond acceptors (Lipinski definition) is 1. The van der Waals surface area contributed by atoms with Crippen molar-refractivity contribution in [1.82, 2.24) is 9.88 Å². The van der Waals surface area contributed by atoms with Crippen molar-refractivity contribution in [1.29, 1.82) is 0 Å². The van der Waals surface area contributed by atoms with Gasteiger partial charge in [-0.25, -0.2) is 0 Å². The second-order valence-corrected chi connectivity index (χ2v) is 7.97. The number of aryl methyl sites for hydroxylation is 1. The molecule has 0 aliphatic heterocycles. The molecule has 1 aromatic carbocycles. The lowest BCUT2D eigenvalue weighted by Crippen LogP contribution is -2.36. The van der Waals surface area contributed by atoms with Crippen LogP contribution in [0.25, 0.3) is 10.9 Å². The highest BCUT2D eigenvalue weighted by molar-refractivity contribution is 6.02. The van der Waals surface area contributed by atoms with Gasteiger partial charge in [-0.3, -0.25) is 4.79 Å². The number of fused-ring (bicyclic) bond motifs is 1. The molecule has 0 atom stereocenters. The van der Waals surface area contributed by atoms with Crippen LogP contribution in [0.4, 0.5) is 0 Å². The predicted molar refractivity (Wildman–Crippen MR) is 110 cm³/mol. The molecule has 1 N–H and O–H groups in total. The lowest BCUT2D eigenvalue weighted by atomic mass is 10.0. The third kappa shape index (κ3) is 3.72. The number of nitrogens with one attached hydrogen (secondary N) is 1. The Bertz CT molecular complexity index is 792. The summed E-state index contributed by atoms with van der Waals surface area (Å²) in [6, 6.07) is 6.89. The van der Waals surface area contributed by atoms with Crippen LogP contribution in [0.5, 0.6) is 0 Å². The molecule has 1 heterocycles. The van der Waals surface area contributed by atoms with Crippen molar-refractivity contribution < 1.29 is 4.79 Å². The Labute approximate surface area is 157 Å². The summed E-state index contributed by atoms with van der Waals surface area (Å²) in [6.45, 7) is 11.0. The molecule has 0 saturated heterocycles. The fourth-order valence-electron chi connectivity index (χ4n) is 4.19. The maximum atomic E-state index is 13.2. The van der Waals surface area contributed by atoms with Gasteiger partial charge < -0.3 is 9.88 Å². The Balaban J connectivity index is 1.99. The molecule has 3 nitrogen and oxygen atoms in total. The zero-order chi connectivity index (χ0) is 18.7. The van der Waals surface area contributed by atoms with E-state index in [0.29, 0.717) is 18.5 Å². The van der Waals surface area contributed by atoms with Crippen molar-refractivity contribution in [2.24, 2.45) is 0 Å². The van der Waals surface area contributed by atoms with Crippen molar-refractivity contribution >= 4 is 16.8 Å². The number of amides is 1. The number of rotatable bonds is 5. The van der Waals surface area contributed by atoms with Crippen molar-refractivity contribution in [3.63, 3.8) is 0 Å². The van der Waals surface area contributed by atoms with Crippen molar-refractivity contribution in [3.05, 3.63) is 47.7 Å². The summed E-state index contributed by atoms with van der Waals surface area (Å²) in [6.07, 6.45) is 9.10. The zero-order valence-corrected chi connectivity index (χ0v) is 16.5. The Hall–Kier alpha value is -2.03. The summed E-state index contributed by atoms with van der Waals surface area (Å²) >= 11 is 0. The highest BCUT2D eigenvalue weighted by atomic mass is 16.2. The van der Waals surface area contributed by atoms with E-state index in [4.69, 9.17) is 0 Å². The largest absolute Gasteiger partial charge is 0.348 e. The van der Waals surface area contributed by atoms with Gasteiger partial charge in [0, 0.05) is 23.5 Å². The van der Waals surface area contributed by atoms with Crippen LogP contribution in [-0.2, 0) is 6.54 Å².